The number of hydrogen-bond acceptors (Lipinski definition) is 6. The Bertz CT molecular complexity index is 2550. The second-order valence-corrected chi connectivity index (χ2v) is 14.0. The van der Waals surface area contributed by atoms with E-state index in [-0.39, 0.29) is 11.6 Å². The number of methoxy groups -OCH3 is 2. The minimum atomic E-state index is -0.565. The number of aryl methyl sites for hydroxylation is 1. The molecular weight excluding hydrogens is 721 g/mol. The number of aromatic nitrogens is 1. The van der Waals surface area contributed by atoms with Crippen LogP contribution in [0.4, 0.5) is 11.4 Å². The normalized spacial score (nSPS) is 11.9. The van der Waals surface area contributed by atoms with Crippen LogP contribution < -0.4 is 25.4 Å². The second-order valence-electron chi connectivity index (χ2n) is 12.9. The van der Waals surface area contributed by atoms with Gasteiger partial charge in [-0.2, -0.15) is 0 Å². The van der Waals surface area contributed by atoms with Crippen LogP contribution in [0.1, 0.15) is 33.7 Å². The van der Waals surface area contributed by atoms with Gasteiger partial charge < -0.3 is 30.0 Å². The fourth-order valence-corrected chi connectivity index (χ4v) is 7.61. The molecule has 3 amide bonds. The van der Waals surface area contributed by atoms with Crippen molar-refractivity contribution in [3.8, 4) is 11.5 Å². The summed E-state index contributed by atoms with van der Waals surface area (Å²) in [7, 11) is 3.07. The van der Waals surface area contributed by atoms with Crippen molar-refractivity contribution in [1.29, 1.82) is 0 Å². The van der Waals surface area contributed by atoms with Crippen molar-refractivity contribution in [1.82, 2.24) is 9.88 Å². The van der Waals surface area contributed by atoms with E-state index in [0.717, 1.165) is 44.5 Å². The van der Waals surface area contributed by atoms with Crippen LogP contribution in [-0.4, -0.2) is 36.5 Å². The molecule has 0 radical (unpaired) electrons. The molecule has 10 heteroatoms. The number of benzene rings is 6. The molecule has 280 valence electrons. The van der Waals surface area contributed by atoms with Crippen molar-refractivity contribution in [2.75, 3.05) is 24.9 Å². The lowest BCUT2D eigenvalue weighted by molar-refractivity contribution is -0.116. The molecule has 1 heterocycles. The van der Waals surface area contributed by atoms with Gasteiger partial charge in [-0.05, 0) is 97.4 Å². The summed E-state index contributed by atoms with van der Waals surface area (Å²) in [6, 6.07) is 45.1. The van der Waals surface area contributed by atoms with Crippen LogP contribution in [0, 0.1) is 0 Å². The monoisotopic (exact) mass is 760 g/mol. The molecule has 0 saturated heterocycles. The topological polar surface area (TPSA) is 111 Å². The van der Waals surface area contributed by atoms with E-state index in [4.69, 9.17) is 9.47 Å². The fourth-order valence-electron chi connectivity index (χ4n) is 6.58. The Balaban J connectivity index is 1.11. The van der Waals surface area contributed by atoms with Crippen molar-refractivity contribution < 1.29 is 23.9 Å². The largest absolute Gasteiger partial charge is 0.497 e. The maximum atomic E-state index is 14.0. The molecule has 0 spiro atoms. The standard InChI is InChI=1S/C46H40N4O5S/c1-4-50-40-18-12-11-17-37(40)38-29-34(21-25-41(38)50)48-46(53)43(30-13-7-5-8-14-30)56-36-23-19-33(20-24-36)47-45(52)39(49-44(51)31-15-9-6-10-16-31)28-32-27-35(54-2)22-26-42(32)55-3/h5-29,43H,4H2,1-3H3,(H,47,52)(H,48,53)(H,49,51)/b39-28-. The predicted octanol–water partition coefficient (Wildman–Crippen LogP) is 9.71. The van der Waals surface area contributed by atoms with Gasteiger partial charge in [-0.25, -0.2) is 0 Å². The van der Waals surface area contributed by atoms with Crippen LogP contribution in [0.15, 0.2) is 156 Å². The Kier molecular flexibility index (Phi) is 11.5. The van der Waals surface area contributed by atoms with Gasteiger partial charge in [0.1, 0.15) is 22.4 Å². The molecule has 3 N–H and O–H groups in total. The van der Waals surface area contributed by atoms with Gasteiger partial charge in [0.05, 0.1) is 14.2 Å². The molecule has 0 fully saturated rings. The average Bonchev–Trinajstić information content (AvgIpc) is 3.56. The summed E-state index contributed by atoms with van der Waals surface area (Å²) in [5, 5.41) is 10.5. The number of ether oxygens (including phenoxy) is 2. The molecule has 0 aliphatic rings. The highest BCUT2D eigenvalue weighted by Crippen LogP contribution is 2.38. The van der Waals surface area contributed by atoms with E-state index in [2.05, 4.69) is 45.6 Å². The third-order valence-corrected chi connectivity index (χ3v) is 10.6. The van der Waals surface area contributed by atoms with Crippen LogP contribution in [0.25, 0.3) is 27.9 Å². The molecule has 0 aliphatic heterocycles. The van der Waals surface area contributed by atoms with Crippen LogP contribution in [0.5, 0.6) is 11.5 Å². The zero-order valence-electron chi connectivity index (χ0n) is 31.1. The highest BCUT2D eigenvalue weighted by molar-refractivity contribution is 8.00. The predicted molar refractivity (Wildman–Crippen MR) is 225 cm³/mol. The Morgan fingerprint density at radius 1 is 0.696 bits per heavy atom. The molecule has 7 aromatic rings. The van der Waals surface area contributed by atoms with Crippen molar-refractivity contribution in [3.05, 3.63) is 168 Å². The van der Waals surface area contributed by atoms with Crippen molar-refractivity contribution >= 4 is 68.7 Å². The number of carbonyl (C=O) groups is 3. The van der Waals surface area contributed by atoms with Crippen LogP contribution in [0.2, 0.25) is 0 Å². The maximum Gasteiger partial charge on any atom is 0.272 e. The molecule has 0 saturated carbocycles. The van der Waals surface area contributed by atoms with E-state index in [0.29, 0.717) is 28.3 Å². The molecule has 1 atom stereocenters. The molecule has 7 rings (SSSR count). The van der Waals surface area contributed by atoms with Gasteiger partial charge in [-0.1, -0.05) is 66.7 Å². The van der Waals surface area contributed by atoms with E-state index in [1.165, 1.54) is 18.9 Å². The van der Waals surface area contributed by atoms with Crippen molar-refractivity contribution in [2.24, 2.45) is 0 Å². The quantitative estimate of drug-likeness (QED) is 0.0798. The SMILES string of the molecule is CCn1c2ccccc2c2cc(NC(=O)C(Sc3ccc(NC(=O)/C(=C/c4cc(OC)ccc4OC)NC(=O)c4ccccc4)cc3)c3ccccc3)ccc21. The summed E-state index contributed by atoms with van der Waals surface area (Å²) in [5.74, 6) is -0.0936. The summed E-state index contributed by atoms with van der Waals surface area (Å²) in [6.45, 7) is 2.97. The van der Waals surface area contributed by atoms with Crippen molar-refractivity contribution in [3.63, 3.8) is 0 Å². The first kappa shape index (κ1) is 37.5. The van der Waals surface area contributed by atoms with Gasteiger partial charge in [-0.15, -0.1) is 11.8 Å². The molecule has 0 aliphatic carbocycles. The average molecular weight is 761 g/mol. The second kappa shape index (κ2) is 17.1. The van der Waals surface area contributed by atoms with Crippen LogP contribution in [-0.2, 0) is 16.1 Å². The Morgan fingerprint density at radius 2 is 1.38 bits per heavy atom. The summed E-state index contributed by atoms with van der Waals surface area (Å²) in [4.78, 5) is 41.9. The number of anilines is 2. The molecule has 9 nitrogen and oxygen atoms in total. The number of rotatable bonds is 13. The van der Waals surface area contributed by atoms with Gasteiger partial charge in [0, 0.05) is 55.7 Å². The molecular formula is C46H40N4O5S. The lowest BCUT2D eigenvalue weighted by atomic mass is 10.1. The van der Waals surface area contributed by atoms with E-state index in [1.54, 1.807) is 67.8 Å². The summed E-state index contributed by atoms with van der Waals surface area (Å²) < 4.78 is 13.2. The molecule has 6 aromatic carbocycles. The molecule has 1 unspecified atom stereocenters. The van der Waals surface area contributed by atoms with Gasteiger partial charge in [-0.3, -0.25) is 14.4 Å². The first-order chi connectivity index (χ1) is 27.3. The first-order valence-electron chi connectivity index (χ1n) is 18.1. The maximum absolute atomic E-state index is 14.0. The summed E-state index contributed by atoms with van der Waals surface area (Å²) in [6.07, 6.45) is 1.55. The van der Waals surface area contributed by atoms with E-state index < -0.39 is 17.1 Å². The number of carbonyl (C=O) groups excluding carboxylic acids is 3. The minimum Gasteiger partial charge on any atom is -0.497 e. The third kappa shape index (κ3) is 8.30. The molecule has 56 heavy (non-hydrogen) atoms. The Labute approximate surface area is 329 Å². The summed E-state index contributed by atoms with van der Waals surface area (Å²) in [5.41, 5.74) is 5.28. The van der Waals surface area contributed by atoms with Crippen LogP contribution >= 0.6 is 11.8 Å². The first-order valence-corrected chi connectivity index (χ1v) is 19.0. The van der Waals surface area contributed by atoms with E-state index in [1.807, 2.05) is 72.8 Å². The molecule has 0 bridgehead atoms. The number of nitrogens with one attached hydrogen (secondary N) is 3. The molecule has 1 aromatic heterocycles. The third-order valence-electron chi connectivity index (χ3n) is 9.33. The Morgan fingerprint density at radius 3 is 2.09 bits per heavy atom. The number of fused-ring (bicyclic) bond motifs is 3. The fraction of sp³-hybridized carbons (Fsp3) is 0.109. The van der Waals surface area contributed by atoms with Crippen LogP contribution in [0.3, 0.4) is 0 Å². The zero-order chi connectivity index (χ0) is 39.0. The number of hydrogen-bond donors (Lipinski definition) is 3. The van der Waals surface area contributed by atoms with Gasteiger partial charge in [0.25, 0.3) is 11.8 Å². The number of amides is 3. The lowest BCUT2D eigenvalue weighted by Gasteiger charge is -2.18. The lowest BCUT2D eigenvalue weighted by Crippen LogP contribution is -2.30. The van der Waals surface area contributed by atoms with E-state index >= 15 is 0 Å². The van der Waals surface area contributed by atoms with E-state index in [9.17, 15) is 14.4 Å². The highest BCUT2D eigenvalue weighted by atomic mass is 32.2. The Hall–Kier alpha value is -6.78. The van der Waals surface area contributed by atoms with Crippen molar-refractivity contribution in [2.45, 2.75) is 23.6 Å². The number of nitrogens with zero attached hydrogens (tertiary/aromatic N) is 1. The minimum absolute atomic E-state index is 0.00196. The summed E-state index contributed by atoms with van der Waals surface area (Å²) >= 11 is 1.41. The zero-order valence-corrected chi connectivity index (χ0v) is 31.9. The van der Waals surface area contributed by atoms with Gasteiger partial charge in [0.2, 0.25) is 5.91 Å². The van der Waals surface area contributed by atoms with Gasteiger partial charge in [0.15, 0.2) is 0 Å². The smallest absolute Gasteiger partial charge is 0.272 e. The highest BCUT2D eigenvalue weighted by Gasteiger charge is 2.23. The van der Waals surface area contributed by atoms with Gasteiger partial charge >= 0.3 is 0 Å². The number of para-hydroxylation sites is 1. The number of thioether (sulfide) groups is 1.